The van der Waals surface area contributed by atoms with Gasteiger partial charge in [0, 0.05) is 43.5 Å². The molecule has 1 saturated heterocycles. The number of alkyl halides is 6. The van der Waals surface area contributed by atoms with Gasteiger partial charge in [-0.25, -0.2) is 8.78 Å². The van der Waals surface area contributed by atoms with Crippen molar-refractivity contribution in [1.82, 2.24) is 9.80 Å². The molecule has 1 N–H and O–H groups in total. The minimum absolute atomic E-state index is 0.0214. The van der Waals surface area contributed by atoms with E-state index in [0.717, 1.165) is 23.1 Å². The van der Waals surface area contributed by atoms with Gasteiger partial charge in [0.25, 0.3) is 0 Å². The van der Waals surface area contributed by atoms with Crippen LogP contribution in [-0.2, 0) is 6.42 Å². The van der Waals surface area contributed by atoms with Crippen LogP contribution in [0.2, 0.25) is 0 Å². The van der Waals surface area contributed by atoms with Gasteiger partial charge in [0.15, 0.2) is 11.5 Å². The van der Waals surface area contributed by atoms with Gasteiger partial charge in [-0.05, 0) is 54.7 Å². The molecule has 3 heterocycles. The van der Waals surface area contributed by atoms with Crippen LogP contribution in [0.25, 0.3) is 0 Å². The molecule has 0 radical (unpaired) electrons. The van der Waals surface area contributed by atoms with E-state index in [0.29, 0.717) is 38.0 Å². The van der Waals surface area contributed by atoms with Gasteiger partial charge in [0.1, 0.15) is 11.6 Å². The van der Waals surface area contributed by atoms with Gasteiger partial charge in [-0.1, -0.05) is 0 Å². The zero-order chi connectivity index (χ0) is 27.2. The molecule has 3 aliphatic heterocycles. The normalized spacial score (nSPS) is 23.1. The number of hydrogen-bond donors (Lipinski definition) is 1. The molecule has 2 aromatic carbocycles. The second-order valence-corrected chi connectivity index (χ2v) is 9.73. The number of anilines is 1. The minimum Gasteiger partial charge on any atom is -0.395 e. The van der Waals surface area contributed by atoms with Crippen molar-refractivity contribution in [2.45, 2.75) is 43.8 Å². The summed E-state index contributed by atoms with van der Waals surface area (Å²) in [4.78, 5) is 2.90. The molecule has 5 rings (SSSR count). The first-order valence-corrected chi connectivity index (χ1v) is 12.2. The van der Waals surface area contributed by atoms with Crippen LogP contribution in [-0.4, -0.2) is 67.7 Å². The first-order valence-electron chi connectivity index (χ1n) is 12.2. The molecule has 208 valence electrons. The maximum atomic E-state index is 15.5. The summed E-state index contributed by atoms with van der Waals surface area (Å²) >= 11 is 0. The molecule has 1 fully saturated rings. The average molecular weight is 551 g/mol. The molecule has 2 atom stereocenters. The molecular weight excluding hydrogens is 526 g/mol. The summed E-state index contributed by atoms with van der Waals surface area (Å²) in [6.45, 7) is -0.303. The number of halogens is 8. The molecule has 2 aromatic rings. The van der Waals surface area contributed by atoms with Crippen molar-refractivity contribution >= 4 is 5.69 Å². The van der Waals surface area contributed by atoms with E-state index < -0.39 is 54.7 Å². The maximum Gasteiger partial charge on any atom is 0.586 e. The molecule has 2 unspecified atom stereocenters. The molecule has 3 aliphatic rings. The second-order valence-electron chi connectivity index (χ2n) is 9.73. The van der Waals surface area contributed by atoms with Crippen molar-refractivity contribution in [3.05, 3.63) is 52.6 Å². The van der Waals surface area contributed by atoms with Crippen LogP contribution in [0.4, 0.5) is 40.8 Å². The van der Waals surface area contributed by atoms with Crippen LogP contribution >= 0.6 is 0 Å². The summed E-state index contributed by atoms with van der Waals surface area (Å²) in [6.07, 6.45) is -7.55. The van der Waals surface area contributed by atoms with Gasteiger partial charge in [-0.3, -0.25) is 9.29 Å². The highest BCUT2D eigenvalue weighted by Gasteiger charge is 2.46. The average Bonchev–Trinajstić information content (AvgIpc) is 3.37. The highest BCUT2D eigenvalue weighted by Crippen LogP contribution is 2.48. The third-order valence-corrected chi connectivity index (χ3v) is 6.98. The Bertz CT molecular complexity index is 1170. The Hall–Kier alpha value is -2.80. The monoisotopic (exact) mass is 551 g/mol. The Morgan fingerprint density at radius 2 is 1.68 bits per heavy atom. The number of rotatable bonds is 7. The van der Waals surface area contributed by atoms with E-state index in [1.165, 1.54) is 6.07 Å². The summed E-state index contributed by atoms with van der Waals surface area (Å²) in [5.41, 5.74) is -0.153. The highest BCUT2D eigenvalue weighted by atomic mass is 19.4. The van der Waals surface area contributed by atoms with Crippen molar-refractivity contribution in [1.29, 1.82) is 0 Å². The summed E-state index contributed by atoms with van der Waals surface area (Å²) in [5.74, 6) is -2.87. The fourth-order valence-corrected chi connectivity index (χ4v) is 5.46. The standard InChI is InChI=1S/C25H25F8N3O2/c26-4-1-5-35-6-3-15(12-35)34-16-9-18(27)22(19(28)10-16)23-17-11-21-20(37-25(32,33)38-21)8-14(17)2-7-36(23)13-24(29,30)31/h8-11,15,23,34H,1-7,12-13H2. The third kappa shape index (κ3) is 5.63. The number of nitrogens with one attached hydrogen (secondary N) is 1. The molecule has 38 heavy (non-hydrogen) atoms. The largest absolute Gasteiger partial charge is 0.586 e. The minimum atomic E-state index is -4.68. The van der Waals surface area contributed by atoms with Crippen LogP contribution < -0.4 is 14.8 Å². The maximum absolute atomic E-state index is 15.5. The highest BCUT2D eigenvalue weighted by molar-refractivity contribution is 5.55. The summed E-state index contributed by atoms with van der Waals surface area (Å²) in [5, 5.41) is 3.04. The van der Waals surface area contributed by atoms with E-state index in [1.807, 2.05) is 4.90 Å². The van der Waals surface area contributed by atoms with Gasteiger partial charge < -0.3 is 19.7 Å². The van der Waals surface area contributed by atoms with Crippen molar-refractivity contribution in [2.24, 2.45) is 0 Å². The van der Waals surface area contributed by atoms with Gasteiger partial charge in [-0.2, -0.15) is 13.2 Å². The van der Waals surface area contributed by atoms with E-state index >= 15 is 8.78 Å². The van der Waals surface area contributed by atoms with Crippen LogP contribution in [0.5, 0.6) is 11.5 Å². The molecule has 0 amide bonds. The number of hydrogen-bond acceptors (Lipinski definition) is 5. The fourth-order valence-electron chi connectivity index (χ4n) is 5.46. The Balaban J connectivity index is 1.47. The Morgan fingerprint density at radius 1 is 1.00 bits per heavy atom. The van der Waals surface area contributed by atoms with Crippen LogP contribution in [0.1, 0.15) is 35.6 Å². The quantitative estimate of drug-likeness (QED) is 0.451. The number of nitrogens with zero attached hydrogens (tertiary/aromatic N) is 2. The zero-order valence-electron chi connectivity index (χ0n) is 20.1. The van der Waals surface area contributed by atoms with Crippen LogP contribution in [0.3, 0.4) is 0 Å². The predicted molar refractivity (Wildman–Crippen MR) is 121 cm³/mol. The van der Waals surface area contributed by atoms with Gasteiger partial charge >= 0.3 is 12.5 Å². The number of benzene rings is 2. The summed E-state index contributed by atoms with van der Waals surface area (Å²) in [7, 11) is 0. The van der Waals surface area contributed by atoms with Gasteiger partial charge in [0.2, 0.25) is 0 Å². The van der Waals surface area contributed by atoms with E-state index in [-0.39, 0.29) is 36.0 Å². The molecule has 0 aromatic heterocycles. The first-order chi connectivity index (χ1) is 17.9. The molecular formula is C25H25F8N3O2. The van der Waals surface area contributed by atoms with Crippen molar-refractivity contribution in [3.8, 4) is 11.5 Å². The van der Waals surface area contributed by atoms with Crippen LogP contribution in [0, 0.1) is 11.6 Å². The predicted octanol–water partition coefficient (Wildman–Crippen LogP) is 5.64. The second kappa shape index (κ2) is 10.1. The van der Waals surface area contributed by atoms with Gasteiger partial charge in [0.05, 0.1) is 19.3 Å². The van der Waals surface area contributed by atoms with Gasteiger partial charge in [-0.15, -0.1) is 8.78 Å². The van der Waals surface area contributed by atoms with Crippen LogP contribution in [0.15, 0.2) is 24.3 Å². The molecule has 0 spiro atoms. The topological polar surface area (TPSA) is 37.0 Å². The number of ether oxygens (including phenoxy) is 2. The lowest BCUT2D eigenvalue weighted by Gasteiger charge is -2.38. The van der Waals surface area contributed by atoms with Crippen molar-refractivity contribution in [3.63, 3.8) is 0 Å². The lowest BCUT2D eigenvalue weighted by molar-refractivity contribution is -0.286. The van der Waals surface area contributed by atoms with Crippen molar-refractivity contribution < 1.29 is 44.6 Å². The Kier molecular flexibility index (Phi) is 7.10. The molecule has 13 heteroatoms. The summed E-state index contributed by atoms with van der Waals surface area (Å²) < 4.78 is 120. The molecule has 5 nitrogen and oxygen atoms in total. The summed E-state index contributed by atoms with van der Waals surface area (Å²) in [6, 6.07) is 2.63. The van der Waals surface area contributed by atoms with E-state index in [4.69, 9.17) is 0 Å². The SMILES string of the molecule is FCCCN1CCC(Nc2cc(F)c(C3c4cc5c(cc4CCN3CC(F)(F)F)OC(F)(F)O5)c(F)c2)C1. The smallest absolute Gasteiger partial charge is 0.395 e. The lowest BCUT2D eigenvalue weighted by atomic mass is 9.87. The van der Waals surface area contributed by atoms with Crippen molar-refractivity contribution in [2.75, 3.05) is 44.7 Å². The molecule has 0 saturated carbocycles. The lowest BCUT2D eigenvalue weighted by Crippen LogP contribution is -2.42. The number of fused-ring (bicyclic) bond motifs is 2. The van der Waals surface area contributed by atoms with E-state index in [9.17, 15) is 26.3 Å². The molecule has 0 aliphatic carbocycles. The third-order valence-electron chi connectivity index (χ3n) is 6.98. The van der Waals surface area contributed by atoms with E-state index in [2.05, 4.69) is 14.8 Å². The first kappa shape index (κ1) is 26.8. The molecule has 0 bridgehead atoms. The Morgan fingerprint density at radius 3 is 2.34 bits per heavy atom. The fraction of sp³-hybridized carbons (Fsp3) is 0.520. The zero-order valence-corrected chi connectivity index (χ0v) is 20.1. The Labute approximate surface area is 213 Å². The van der Waals surface area contributed by atoms with E-state index in [1.54, 1.807) is 0 Å². The number of likely N-dealkylation sites (tertiary alicyclic amines) is 1.